The van der Waals surface area contributed by atoms with E-state index in [1.165, 1.54) is 5.56 Å². The van der Waals surface area contributed by atoms with E-state index in [2.05, 4.69) is 67.0 Å². The van der Waals surface area contributed by atoms with Gasteiger partial charge in [0.15, 0.2) is 0 Å². The smallest absolute Gasteiger partial charge is 0.0188 e. The SMILES string of the molecule is CC(C)C(c1ccccc1)C(C)Br. The third kappa shape index (κ3) is 2.84. The Morgan fingerprint density at radius 3 is 1.92 bits per heavy atom. The summed E-state index contributed by atoms with van der Waals surface area (Å²) in [6.07, 6.45) is 0. The van der Waals surface area contributed by atoms with Crippen molar-refractivity contribution < 1.29 is 0 Å². The van der Waals surface area contributed by atoms with Crippen LogP contribution < -0.4 is 0 Å². The van der Waals surface area contributed by atoms with E-state index in [0.717, 1.165) is 0 Å². The maximum Gasteiger partial charge on any atom is 0.0188 e. The van der Waals surface area contributed by atoms with Crippen molar-refractivity contribution in [1.29, 1.82) is 0 Å². The number of hydrogen-bond donors (Lipinski definition) is 0. The minimum Gasteiger partial charge on any atom is -0.0887 e. The lowest BCUT2D eigenvalue weighted by Gasteiger charge is -2.23. The van der Waals surface area contributed by atoms with Crippen LogP contribution in [0.2, 0.25) is 0 Å². The van der Waals surface area contributed by atoms with Crippen LogP contribution in [-0.2, 0) is 0 Å². The molecule has 1 rings (SSSR count). The molecular weight excluding hydrogens is 224 g/mol. The van der Waals surface area contributed by atoms with Crippen LogP contribution in [0.3, 0.4) is 0 Å². The lowest BCUT2D eigenvalue weighted by Crippen LogP contribution is -2.15. The van der Waals surface area contributed by atoms with Gasteiger partial charge >= 0.3 is 0 Å². The zero-order chi connectivity index (χ0) is 9.84. The van der Waals surface area contributed by atoms with E-state index in [4.69, 9.17) is 0 Å². The van der Waals surface area contributed by atoms with Crippen LogP contribution in [0.1, 0.15) is 32.3 Å². The number of halogens is 1. The summed E-state index contributed by atoms with van der Waals surface area (Å²) in [6.45, 7) is 6.77. The molecule has 0 saturated heterocycles. The third-order valence-corrected chi connectivity index (χ3v) is 2.97. The summed E-state index contributed by atoms with van der Waals surface area (Å²) in [5.74, 6) is 1.29. The molecule has 2 unspecified atom stereocenters. The maximum atomic E-state index is 3.68. The molecule has 0 N–H and O–H groups in total. The summed E-state index contributed by atoms with van der Waals surface area (Å²) >= 11 is 3.68. The van der Waals surface area contributed by atoms with E-state index in [0.29, 0.717) is 16.7 Å². The van der Waals surface area contributed by atoms with Crippen molar-refractivity contribution in [3.63, 3.8) is 0 Å². The van der Waals surface area contributed by atoms with Crippen molar-refractivity contribution in [1.82, 2.24) is 0 Å². The highest BCUT2D eigenvalue weighted by atomic mass is 79.9. The Hall–Kier alpha value is -0.300. The van der Waals surface area contributed by atoms with Gasteiger partial charge in [-0.15, -0.1) is 0 Å². The van der Waals surface area contributed by atoms with Crippen molar-refractivity contribution in [2.24, 2.45) is 5.92 Å². The number of hydrogen-bond acceptors (Lipinski definition) is 0. The third-order valence-electron chi connectivity index (χ3n) is 2.40. The van der Waals surface area contributed by atoms with E-state index >= 15 is 0 Å². The fourth-order valence-electron chi connectivity index (χ4n) is 1.86. The van der Waals surface area contributed by atoms with Crippen LogP contribution in [0.15, 0.2) is 30.3 Å². The first-order valence-electron chi connectivity index (χ1n) is 4.82. The summed E-state index contributed by atoms with van der Waals surface area (Å²) < 4.78 is 0. The highest BCUT2D eigenvalue weighted by molar-refractivity contribution is 9.09. The Morgan fingerprint density at radius 1 is 1.00 bits per heavy atom. The van der Waals surface area contributed by atoms with Gasteiger partial charge in [-0.1, -0.05) is 67.0 Å². The lowest BCUT2D eigenvalue weighted by molar-refractivity contribution is 0.498. The van der Waals surface area contributed by atoms with Crippen LogP contribution in [-0.4, -0.2) is 4.83 Å². The molecule has 0 fully saturated rings. The molecule has 0 aliphatic rings. The Kier molecular flexibility index (Phi) is 3.98. The van der Waals surface area contributed by atoms with Crippen molar-refractivity contribution in [3.8, 4) is 0 Å². The van der Waals surface area contributed by atoms with Gasteiger partial charge < -0.3 is 0 Å². The summed E-state index contributed by atoms with van der Waals surface area (Å²) in [7, 11) is 0. The highest BCUT2D eigenvalue weighted by Crippen LogP contribution is 2.31. The molecule has 72 valence electrons. The van der Waals surface area contributed by atoms with Gasteiger partial charge in [0, 0.05) is 4.83 Å². The summed E-state index contributed by atoms with van der Waals surface area (Å²) in [5.41, 5.74) is 1.43. The van der Waals surface area contributed by atoms with E-state index in [-0.39, 0.29) is 0 Å². The number of benzene rings is 1. The quantitative estimate of drug-likeness (QED) is 0.695. The molecule has 13 heavy (non-hydrogen) atoms. The number of alkyl halides is 1. The van der Waals surface area contributed by atoms with Crippen molar-refractivity contribution in [2.75, 3.05) is 0 Å². The molecule has 0 bridgehead atoms. The second-order valence-corrected chi connectivity index (χ2v) is 5.30. The Balaban J connectivity index is 2.89. The molecule has 0 heterocycles. The minimum absolute atomic E-state index is 0.537. The zero-order valence-electron chi connectivity index (χ0n) is 8.50. The Labute approximate surface area is 89.5 Å². The topological polar surface area (TPSA) is 0 Å². The predicted octanol–water partition coefficient (Wildman–Crippen LogP) is 4.21. The normalized spacial score (nSPS) is 15.8. The molecule has 1 heteroatoms. The van der Waals surface area contributed by atoms with Crippen LogP contribution in [0.5, 0.6) is 0 Å². The second kappa shape index (κ2) is 4.80. The van der Waals surface area contributed by atoms with E-state index in [1.54, 1.807) is 0 Å². The second-order valence-electron chi connectivity index (χ2n) is 3.86. The first kappa shape index (κ1) is 10.8. The first-order valence-corrected chi connectivity index (χ1v) is 5.73. The van der Waals surface area contributed by atoms with Crippen LogP contribution in [0.4, 0.5) is 0 Å². The van der Waals surface area contributed by atoms with Gasteiger partial charge in [0.1, 0.15) is 0 Å². The zero-order valence-corrected chi connectivity index (χ0v) is 10.1. The maximum absolute atomic E-state index is 3.68. The minimum atomic E-state index is 0.537. The average molecular weight is 241 g/mol. The molecule has 1 aromatic rings. The molecule has 0 aromatic heterocycles. The highest BCUT2D eigenvalue weighted by Gasteiger charge is 2.19. The molecular formula is C12H17Br. The largest absolute Gasteiger partial charge is 0.0887 e. The predicted molar refractivity (Wildman–Crippen MR) is 62.4 cm³/mol. The molecule has 0 saturated carbocycles. The monoisotopic (exact) mass is 240 g/mol. The van der Waals surface area contributed by atoms with E-state index in [9.17, 15) is 0 Å². The molecule has 2 atom stereocenters. The van der Waals surface area contributed by atoms with Gasteiger partial charge in [0.25, 0.3) is 0 Å². The van der Waals surface area contributed by atoms with Gasteiger partial charge in [-0.25, -0.2) is 0 Å². The Bertz CT molecular complexity index is 231. The summed E-state index contributed by atoms with van der Waals surface area (Å²) in [6, 6.07) is 10.7. The first-order chi connectivity index (χ1) is 6.13. The summed E-state index contributed by atoms with van der Waals surface area (Å²) in [5, 5.41) is 0. The van der Waals surface area contributed by atoms with Gasteiger partial charge in [0.05, 0.1) is 0 Å². The molecule has 0 spiro atoms. The van der Waals surface area contributed by atoms with Crippen molar-refractivity contribution in [2.45, 2.75) is 31.5 Å². The fraction of sp³-hybridized carbons (Fsp3) is 0.500. The van der Waals surface area contributed by atoms with Gasteiger partial charge in [-0.3, -0.25) is 0 Å². The molecule has 1 aromatic carbocycles. The van der Waals surface area contributed by atoms with Gasteiger partial charge in [-0.05, 0) is 17.4 Å². The van der Waals surface area contributed by atoms with Crippen LogP contribution >= 0.6 is 15.9 Å². The average Bonchev–Trinajstić information content (AvgIpc) is 2.04. The molecule has 0 aliphatic heterocycles. The lowest BCUT2D eigenvalue weighted by atomic mass is 9.86. The van der Waals surface area contributed by atoms with Gasteiger partial charge in [0.2, 0.25) is 0 Å². The van der Waals surface area contributed by atoms with Gasteiger partial charge in [-0.2, -0.15) is 0 Å². The fourth-order valence-corrected chi connectivity index (χ4v) is 2.77. The molecule has 0 nitrogen and oxygen atoms in total. The number of rotatable bonds is 3. The van der Waals surface area contributed by atoms with Crippen LogP contribution in [0.25, 0.3) is 0 Å². The van der Waals surface area contributed by atoms with Crippen LogP contribution in [0, 0.1) is 5.92 Å². The van der Waals surface area contributed by atoms with E-state index in [1.807, 2.05) is 0 Å². The molecule has 0 aliphatic carbocycles. The Morgan fingerprint density at radius 2 is 1.54 bits per heavy atom. The van der Waals surface area contributed by atoms with Crippen molar-refractivity contribution in [3.05, 3.63) is 35.9 Å². The molecule has 0 amide bonds. The summed E-state index contributed by atoms with van der Waals surface area (Å²) in [4.78, 5) is 0.537. The molecule has 0 radical (unpaired) electrons. The standard InChI is InChI=1S/C12H17Br/c1-9(2)12(10(3)13)11-7-5-4-6-8-11/h4-10,12H,1-3H3. The van der Waals surface area contributed by atoms with E-state index < -0.39 is 0 Å². The van der Waals surface area contributed by atoms with Crippen molar-refractivity contribution >= 4 is 15.9 Å².